The lowest BCUT2D eigenvalue weighted by Gasteiger charge is -1.98. The highest BCUT2D eigenvalue weighted by molar-refractivity contribution is 7.15. The molecule has 0 saturated carbocycles. The number of rotatable bonds is 0. The van der Waals surface area contributed by atoms with E-state index in [1.54, 1.807) is 0 Å². The van der Waals surface area contributed by atoms with E-state index in [1.807, 2.05) is 0 Å². The average molecular weight is 172 g/mol. The van der Waals surface area contributed by atoms with Crippen LogP contribution in [0.4, 0.5) is 0 Å². The zero-order valence-electron chi connectivity index (χ0n) is 6.88. The first-order valence-electron chi connectivity index (χ1n) is 3.44. The van der Waals surface area contributed by atoms with E-state index in [4.69, 9.17) is 11.1 Å². The molecule has 0 aromatic heterocycles. The van der Waals surface area contributed by atoms with E-state index >= 15 is 0 Å². The zero-order chi connectivity index (χ0) is 7.89. The van der Waals surface area contributed by atoms with Crippen LogP contribution in [0.15, 0.2) is 21.5 Å². The van der Waals surface area contributed by atoms with Gasteiger partial charge in [0, 0.05) is 0 Å². The fraction of sp³-hybridized carbons (Fsp3) is 0.500. The standard InChI is InChI=1S/C8H12ClSi/c1-5-6(2)8(4)10(9)7(5)3/h1-4H3. The monoisotopic (exact) mass is 171 g/mol. The lowest BCUT2D eigenvalue weighted by molar-refractivity contribution is 1.31. The third kappa shape index (κ3) is 0.976. The highest BCUT2D eigenvalue weighted by Gasteiger charge is 2.24. The van der Waals surface area contributed by atoms with Gasteiger partial charge in [-0.3, -0.25) is 0 Å². The largest absolute Gasteiger partial charge is 0.225 e. The average Bonchev–Trinajstić information content (AvgIpc) is 2.07. The molecule has 0 amide bonds. The smallest absolute Gasteiger partial charge is 0.157 e. The highest BCUT2D eigenvalue weighted by Crippen LogP contribution is 2.31. The van der Waals surface area contributed by atoms with Gasteiger partial charge in [0.25, 0.3) is 0 Å². The molecular weight excluding hydrogens is 160 g/mol. The molecule has 0 atom stereocenters. The van der Waals surface area contributed by atoms with E-state index in [0.717, 1.165) is 0 Å². The topological polar surface area (TPSA) is 0 Å². The summed E-state index contributed by atoms with van der Waals surface area (Å²) in [6.07, 6.45) is 0. The molecular formula is C8H12ClSi. The van der Waals surface area contributed by atoms with Crippen LogP contribution >= 0.6 is 11.1 Å². The molecule has 1 aliphatic heterocycles. The third-order valence-electron chi connectivity index (χ3n) is 2.35. The van der Waals surface area contributed by atoms with Crippen molar-refractivity contribution in [2.24, 2.45) is 0 Å². The van der Waals surface area contributed by atoms with Crippen molar-refractivity contribution in [3.05, 3.63) is 21.5 Å². The third-order valence-corrected chi connectivity index (χ3v) is 6.11. The fourth-order valence-electron chi connectivity index (χ4n) is 1.17. The second-order valence-corrected chi connectivity index (χ2v) is 6.08. The van der Waals surface area contributed by atoms with Crippen LogP contribution in [0.25, 0.3) is 0 Å². The summed E-state index contributed by atoms with van der Waals surface area (Å²) in [5, 5.41) is 2.84. The maximum absolute atomic E-state index is 6.19. The Labute approximate surface area is 68.9 Å². The van der Waals surface area contributed by atoms with E-state index in [2.05, 4.69) is 27.7 Å². The minimum absolute atomic E-state index is 0.778. The van der Waals surface area contributed by atoms with Crippen molar-refractivity contribution in [2.75, 3.05) is 0 Å². The number of halogens is 1. The molecule has 0 fully saturated rings. The van der Waals surface area contributed by atoms with Gasteiger partial charge in [-0.1, -0.05) is 21.5 Å². The van der Waals surface area contributed by atoms with Crippen molar-refractivity contribution in [3.63, 3.8) is 0 Å². The normalized spacial score (nSPS) is 21.3. The van der Waals surface area contributed by atoms with Crippen LogP contribution in [0.1, 0.15) is 27.7 Å². The van der Waals surface area contributed by atoms with E-state index < -0.39 is 8.11 Å². The first-order valence-corrected chi connectivity index (χ1v) is 5.95. The Hall–Kier alpha value is -0.0131. The Morgan fingerprint density at radius 3 is 1.30 bits per heavy atom. The van der Waals surface area contributed by atoms with Crippen LogP contribution < -0.4 is 0 Å². The van der Waals surface area contributed by atoms with Crippen LogP contribution in [0.3, 0.4) is 0 Å². The van der Waals surface area contributed by atoms with Gasteiger partial charge in [-0.25, -0.2) is 0 Å². The number of hydrogen-bond acceptors (Lipinski definition) is 0. The van der Waals surface area contributed by atoms with E-state index in [0.29, 0.717) is 0 Å². The van der Waals surface area contributed by atoms with E-state index in [1.165, 1.54) is 21.5 Å². The maximum Gasteiger partial charge on any atom is 0.225 e. The van der Waals surface area contributed by atoms with E-state index in [-0.39, 0.29) is 0 Å². The van der Waals surface area contributed by atoms with Gasteiger partial charge in [-0.15, -0.1) is 0 Å². The number of hydrogen-bond donors (Lipinski definition) is 0. The van der Waals surface area contributed by atoms with Crippen molar-refractivity contribution >= 4 is 19.2 Å². The summed E-state index contributed by atoms with van der Waals surface area (Å²) in [6, 6.07) is 0. The summed E-state index contributed by atoms with van der Waals surface area (Å²) in [5.74, 6) is 0. The van der Waals surface area contributed by atoms with Gasteiger partial charge in [0.1, 0.15) is 0 Å². The van der Waals surface area contributed by atoms with Crippen LogP contribution in [-0.4, -0.2) is 8.11 Å². The molecule has 0 aromatic rings. The second kappa shape index (κ2) is 2.55. The second-order valence-electron chi connectivity index (χ2n) is 2.81. The Kier molecular flexibility index (Phi) is 2.06. The molecule has 0 saturated heterocycles. The molecule has 55 valence electrons. The molecule has 0 spiro atoms. The van der Waals surface area contributed by atoms with Crippen molar-refractivity contribution in [1.29, 1.82) is 0 Å². The molecule has 1 rings (SSSR count). The first-order chi connectivity index (χ1) is 4.55. The highest BCUT2D eigenvalue weighted by atomic mass is 35.6. The lowest BCUT2D eigenvalue weighted by Crippen LogP contribution is -2.04. The molecule has 0 aliphatic carbocycles. The summed E-state index contributed by atoms with van der Waals surface area (Å²) in [4.78, 5) is 0. The van der Waals surface area contributed by atoms with Crippen molar-refractivity contribution in [1.82, 2.24) is 0 Å². The van der Waals surface area contributed by atoms with Gasteiger partial charge in [-0.05, 0) is 27.7 Å². The molecule has 0 unspecified atom stereocenters. The summed E-state index contributed by atoms with van der Waals surface area (Å²) >= 11 is 6.19. The summed E-state index contributed by atoms with van der Waals surface area (Å²) < 4.78 is 0. The quantitative estimate of drug-likeness (QED) is 0.389. The molecule has 10 heavy (non-hydrogen) atoms. The summed E-state index contributed by atoms with van der Waals surface area (Å²) in [7, 11) is -0.778. The van der Waals surface area contributed by atoms with Crippen molar-refractivity contribution < 1.29 is 0 Å². The molecule has 0 bridgehead atoms. The van der Waals surface area contributed by atoms with Crippen molar-refractivity contribution in [3.8, 4) is 0 Å². The molecule has 0 aromatic carbocycles. The molecule has 1 radical (unpaired) electrons. The minimum Gasteiger partial charge on any atom is -0.157 e. The molecule has 0 N–H and O–H groups in total. The fourth-order valence-corrected chi connectivity index (χ4v) is 3.62. The predicted molar refractivity (Wildman–Crippen MR) is 48.4 cm³/mol. The molecule has 0 nitrogen and oxygen atoms in total. The van der Waals surface area contributed by atoms with Gasteiger partial charge in [0.2, 0.25) is 8.11 Å². The number of allylic oxidation sites excluding steroid dienone is 4. The maximum atomic E-state index is 6.19. The molecule has 2 heteroatoms. The molecule has 1 aliphatic rings. The van der Waals surface area contributed by atoms with Gasteiger partial charge >= 0.3 is 0 Å². The zero-order valence-corrected chi connectivity index (χ0v) is 8.63. The Morgan fingerprint density at radius 1 is 0.900 bits per heavy atom. The van der Waals surface area contributed by atoms with Crippen LogP contribution in [0, 0.1) is 0 Å². The Morgan fingerprint density at radius 2 is 1.20 bits per heavy atom. The Balaban J connectivity index is 3.09. The lowest BCUT2D eigenvalue weighted by atomic mass is 10.1. The SMILES string of the molecule is CC1=C(C)[Si](Cl)C(C)=C1C. The van der Waals surface area contributed by atoms with Crippen LogP contribution in [0.2, 0.25) is 0 Å². The van der Waals surface area contributed by atoms with Gasteiger partial charge in [-0.2, -0.15) is 11.1 Å². The van der Waals surface area contributed by atoms with Gasteiger partial charge < -0.3 is 0 Å². The van der Waals surface area contributed by atoms with Crippen LogP contribution in [-0.2, 0) is 0 Å². The Bertz CT molecular complexity index is 201. The first kappa shape index (κ1) is 8.09. The summed E-state index contributed by atoms with van der Waals surface area (Å²) in [5.41, 5.74) is 2.84. The van der Waals surface area contributed by atoms with Gasteiger partial charge in [0.15, 0.2) is 0 Å². The summed E-state index contributed by atoms with van der Waals surface area (Å²) in [6.45, 7) is 8.62. The predicted octanol–water partition coefficient (Wildman–Crippen LogP) is 2.98. The van der Waals surface area contributed by atoms with E-state index in [9.17, 15) is 0 Å². The molecule has 1 heterocycles. The van der Waals surface area contributed by atoms with Gasteiger partial charge in [0.05, 0.1) is 0 Å². The minimum atomic E-state index is -0.778. The van der Waals surface area contributed by atoms with Crippen LogP contribution in [0.5, 0.6) is 0 Å². The van der Waals surface area contributed by atoms with Crippen molar-refractivity contribution in [2.45, 2.75) is 27.7 Å².